The van der Waals surface area contributed by atoms with E-state index >= 15 is 0 Å². The number of pyridine rings is 1. The van der Waals surface area contributed by atoms with Gasteiger partial charge >= 0.3 is 6.03 Å². The first-order valence-electron chi connectivity index (χ1n) is 5.45. The highest BCUT2D eigenvalue weighted by molar-refractivity contribution is 5.92. The summed E-state index contributed by atoms with van der Waals surface area (Å²) in [6.45, 7) is 0.681. The fourth-order valence-corrected chi connectivity index (χ4v) is 1.17. The number of aromatic nitrogens is 1. The van der Waals surface area contributed by atoms with Gasteiger partial charge < -0.3 is 21.3 Å². The molecule has 0 saturated carbocycles. The lowest BCUT2D eigenvalue weighted by Gasteiger charge is -2.12. The zero-order valence-electron chi connectivity index (χ0n) is 10.4. The Morgan fingerprint density at radius 3 is 2.61 bits per heavy atom. The summed E-state index contributed by atoms with van der Waals surface area (Å²) >= 11 is 0. The predicted octanol–water partition coefficient (Wildman–Crippen LogP) is -0.335. The van der Waals surface area contributed by atoms with E-state index in [0.717, 1.165) is 0 Å². The van der Waals surface area contributed by atoms with Crippen LogP contribution in [0.4, 0.5) is 10.5 Å². The predicted molar refractivity (Wildman–Crippen MR) is 68.1 cm³/mol. The van der Waals surface area contributed by atoms with E-state index in [1.54, 1.807) is 20.2 Å². The second-order valence-corrected chi connectivity index (χ2v) is 3.86. The van der Waals surface area contributed by atoms with Crippen molar-refractivity contribution in [1.29, 1.82) is 0 Å². The highest BCUT2D eigenvalue weighted by Gasteiger charge is 2.07. The summed E-state index contributed by atoms with van der Waals surface area (Å²) in [5, 5.41) is 5.26. The normalized spacial score (nSPS) is 9.67. The number of urea groups is 1. The number of carbonyl (C=O) groups excluding carboxylic acids is 2. The van der Waals surface area contributed by atoms with Crippen molar-refractivity contribution in [2.45, 2.75) is 0 Å². The molecule has 1 rings (SSSR count). The van der Waals surface area contributed by atoms with Crippen molar-refractivity contribution in [3.63, 3.8) is 0 Å². The van der Waals surface area contributed by atoms with Gasteiger partial charge in [0.15, 0.2) is 0 Å². The first kappa shape index (κ1) is 13.8. The summed E-state index contributed by atoms with van der Waals surface area (Å²) < 4.78 is 0. The molecule has 98 valence electrons. The Balaban J connectivity index is 2.32. The summed E-state index contributed by atoms with van der Waals surface area (Å²) in [4.78, 5) is 28.1. The van der Waals surface area contributed by atoms with Gasteiger partial charge in [-0.05, 0) is 12.1 Å². The first-order valence-corrected chi connectivity index (χ1v) is 5.45. The molecule has 7 nitrogen and oxygen atoms in total. The molecule has 0 radical (unpaired) electrons. The molecule has 0 unspecified atom stereocenters. The first-order chi connectivity index (χ1) is 8.50. The maximum absolute atomic E-state index is 11.6. The zero-order valence-corrected chi connectivity index (χ0v) is 10.4. The van der Waals surface area contributed by atoms with E-state index in [-0.39, 0.29) is 17.6 Å². The molecule has 1 heterocycles. The van der Waals surface area contributed by atoms with Gasteiger partial charge in [0, 0.05) is 39.1 Å². The fourth-order valence-electron chi connectivity index (χ4n) is 1.17. The molecule has 4 N–H and O–H groups in total. The third-order valence-electron chi connectivity index (χ3n) is 2.11. The van der Waals surface area contributed by atoms with Crippen molar-refractivity contribution >= 4 is 17.6 Å². The number of nitrogens with two attached hydrogens (primary N) is 1. The summed E-state index contributed by atoms with van der Waals surface area (Å²) in [6.07, 6.45) is 1.47. The molecule has 0 aliphatic heterocycles. The van der Waals surface area contributed by atoms with Gasteiger partial charge in [-0.3, -0.25) is 9.78 Å². The summed E-state index contributed by atoms with van der Waals surface area (Å²) in [5.74, 6) is -0.318. The minimum atomic E-state index is -0.318. The maximum Gasteiger partial charge on any atom is 0.316 e. The topological polar surface area (TPSA) is 100 Å². The van der Waals surface area contributed by atoms with Crippen LogP contribution in [0, 0.1) is 0 Å². The number of hydrogen-bond acceptors (Lipinski definition) is 4. The summed E-state index contributed by atoms with van der Waals surface area (Å²) in [6, 6.07) is 2.90. The van der Waals surface area contributed by atoms with Crippen LogP contribution in [-0.4, -0.2) is 49.0 Å². The van der Waals surface area contributed by atoms with E-state index < -0.39 is 0 Å². The molecule has 0 bridgehead atoms. The lowest BCUT2D eigenvalue weighted by Crippen LogP contribution is -2.39. The second-order valence-electron chi connectivity index (χ2n) is 3.86. The number of nitrogens with one attached hydrogen (secondary N) is 2. The highest BCUT2D eigenvalue weighted by atomic mass is 16.2. The molecule has 18 heavy (non-hydrogen) atoms. The second kappa shape index (κ2) is 6.43. The van der Waals surface area contributed by atoms with Gasteiger partial charge in [-0.1, -0.05) is 0 Å². The van der Waals surface area contributed by atoms with E-state index in [4.69, 9.17) is 5.73 Å². The van der Waals surface area contributed by atoms with E-state index in [1.807, 2.05) is 0 Å². The van der Waals surface area contributed by atoms with Gasteiger partial charge in [0.05, 0.1) is 0 Å². The van der Waals surface area contributed by atoms with Crippen LogP contribution in [0.2, 0.25) is 0 Å². The third kappa shape index (κ3) is 4.28. The molecule has 0 aromatic carbocycles. The Hall–Kier alpha value is -2.31. The van der Waals surface area contributed by atoms with Crippen LogP contribution in [0.5, 0.6) is 0 Å². The number of nitrogens with zero attached hydrogens (tertiary/aromatic N) is 2. The standard InChI is InChI=1S/C11H17N5O2/c1-16(2)11(18)15-6-5-14-10(17)9-7-8(12)3-4-13-9/h3-4,7H,5-6H2,1-2H3,(H2,12,13)(H,14,17)(H,15,18). The minimum Gasteiger partial charge on any atom is -0.399 e. The minimum absolute atomic E-state index is 0.202. The van der Waals surface area contributed by atoms with Crippen LogP contribution in [0.25, 0.3) is 0 Å². The van der Waals surface area contributed by atoms with Crippen LogP contribution in [0.1, 0.15) is 10.5 Å². The van der Waals surface area contributed by atoms with Crippen molar-refractivity contribution in [3.8, 4) is 0 Å². The van der Waals surface area contributed by atoms with Crippen molar-refractivity contribution in [1.82, 2.24) is 20.5 Å². The summed E-state index contributed by atoms with van der Waals surface area (Å²) in [7, 11) is 3.29. The number of anilines is 1. The molecule has 0 saturated heterocycles. The Bertz CT molecular complexity index is 433. The lowest BCUT2D eigenvalue weighted by molar-refractivity contribution is 0.0948. The van der Waals surface area contributed by atoms with Crippen molar-refractivity contribution < 1.29 is 9.59 Å². The number of hydrogen-bond donors (Lipinski definition) is 3. The molecule has 0 fully saturated rings. The van der Waals surface area contributed by atoms with Crippen LogP contribution >= 0.6 is 0 Å². The average molecular weight is 251 g/mol. The van der Waals surface area contributed by atoms with Gasteiger partial charge in [0.25, 0.3) is 5.91 Å². The number of amides is 3. The molecule has 7 heteroatoms. The zero-order chi connectivity index (χ0) is 13.5. The van der Waals surface area contributed by atoms with Gasteiger partial charge in [-0.25, -0.2) is 4.79 Å². The molecular weight excluding hydrogens is 234 g/mol. The van der Waals surface area contributed by atoms with E-state index in [2.05, 4.69) is 15.6 Å². The number of rotatable bonds is 4. The van der Waals surface area contributed by atoms with Crippen molar-refractivity contribution in [3.05, 3.63) is 24.0 Å². The smallest absolute Gasteiger partial charge is 0.316 e. The average Bonchev–Trinajstić information content (AvgIpc) is 2.33. The van der Waals surface area contributed by atoms with Crippen LogP contribution in [0.15, 0.2) is 18.3 Å². The Labute approximate surface area is 105 Å². The Morgan fingerprint density at radius 2 is 2.00 bits per heavy atom. The molecule has 1 aromatic heterocycles. The maximum atomic E-state index is 11.6. The molecule has 3 amide bonds. The van der Waals surface area contributed by atoms with Gasteiger partial charge in [-0.15, -0.1) is 0 Å². The van der Waals surface area contributed by atoms with Crippen molar-refractivity contribution in [2.75, 3.05) is 32.9 Å². The molecule has 0 atom stereocenters. The monoisotopic (exact) mass is 251 g/mol. The van der Waals surface area contributed by atoms with Gasteiger partial charge in [-0.2, -0.15) is 0 Å². The largest absolute Gasteiger partial charge is 0.399 e. The molecule has 0 spiro atoms. The number of nitrogen functional groups attached to an aromatic ring is 1. The Kier molecular flexibility index (Phi) is 4.91. The van der Waals surface area contributed by atoms with Gasteiger partial charge in [0.1, 0.15) is 5.69 Å². The van der Waals surface area contributed by atoms with Crippen LogP contribution in [-0.2, 0) is 0 Å². The Morgan fingerprint density at radius 1 is 1.33 bits per heavy atom. The van der Waals surface area contributed by atoms with Crippen molar-refractivity contribution in [2.24, 2.45) is 0 Å². The SMILES string of the molecule is CN(C)C(=O)NCCNC(=O)c1cc(N)ccn1. The quantitative estimate of drug-likeness (QED) is 0.637. The lowest BCUT2D eigenvalue weighted by atomic mass is 10.3. The molecule has 0 aliphatic rings. The third-order valence-corrected chi connectivity index (χ3v) is 2.11. The van der Waals surface area contributed by atoms with E-state index in [1.165, 1.54) is 17.2 Å². The molecule has 1 aromatic rings. The highest BCUT2D eigenvalue weighted by Crippen LogP contribution is 2.01. The number of carbonyl (C=O) groups is 2. The van der Waals surface area contributed by atoms with E-state index in [0.29, 0.717) is 18.8 Å². The summed E-state index contributed by atoms with van der Waals surface area (Å²) in [5.41, 5.74) is 6.28. The van der Waals surface area contributed by atoms with E-state index in [9.17, 15) is 9.59 Å². The van der Waals surface area contributed by atoms with Crippen LogP contribution in [0.3, 0.4) is 0 Å². The van der Waals surface area contributed by atoms with Crippen LogP contribution < -0.4 is 16.4 Å². The molecule has 0 aliphatic carbocycles. The molecular formula is C11H17N5O2. The van der Waals surface area contributed by atoms with Gasteiger partial charge in [0.2, 0.25) is 0 Å². The fraction of sp³-hybridized carbons (Fsp3) is 0.364.